The van der Waals surface area contributed by atoms with E-state index in [1.54, 1.807) is 23.1 Å². The number of anilines is 1. The second-order valence-electron chi connectivity index (χ2n) is 8.26. The molecule has 1 fully saturated rings. The van der Waals surface area contributed by atoms with Crippen molar-refractivity contribution in [3.05, 3.63) is 64.2 Å². The van der Waals surface area contributed by atoms with Crippen molar-refractivity contribution in [2.75, 3.05) is 31.1 Å². The number of nitrogens with zero attached hydrogens (tertiary/aromatic N) is 7. The molecule has 4 heterocycles. The van der Waals surface area contributed by atoms with Gasteiger partial charge in [-0.05, 0) is 39.0 Å². The van der Waals surface area contributed by atoms with Crippen LogP contribution in [0.25, 0.3) is 16.9 Å². The Morgan fingerprint density at radius 2 is 1.73 bits per heavy atom. The second kappa shape index (κ2) is 8.19. The summed E-state index contributed by atoms with van der Waals surface area (Å²) in [4.78, 5) is 38.2. The van der Waals surface area contributed by atoms with E-state index >= 15 is 0 Å². The number of para-hydroxylation sites is 2. The number of carbonyl (C=O) groups excluding carboxylic acids is 1. The molecule has 1 aliphatic heterocycles. The molecule has 0 unspecified atom stereocenters. The molecule has 0 N–H and O–H groups in total. The molecule has 3 aromatic heterocycles. The van der Waals surface area contributed by atoms with E-state index in [4.69, 9.17) is 4.42 Å². The van der Waals surface area contributed by atoms with Gasteiger partial charge in [-0.2, -0.15) is 5.10 Å². The normalized spacial score (nSPS) is 14.3. The zero-order valence-electron chi connectivity index (χ0n) is 18.9. The first kappa shape index (κ1) is 20.9. The Bertz CT molecular complexity index is 1390. The van der Waals surface area contributed by atoms with E-state index in [1.165, 1.54) is 4.57 Å². The van der Waals surface area contributed by atoms with E-state index in [-0.39, 0.29) is 12.5 Å². The second-order valence-corrected chi connectivity index (χ2v) is 8.26. The van der Waals surface area contributed by atoms with Crippen LogP contribution in [0.4, 0.5) is 5.82 Å². The standard InChI is InChI=1S/C23H25N7O3/c1-15-12-16(2)30(26-15)21-13-20(24-17(3)25-21)27-8-10-28(11-9-27)22(31)14-29-18-6-4-5-7-19(18)33-23(29)32/h4-7,12-13H,8-11,14H2,1-3H3. The topological polar surface area (TPSA) is 102 Å². The van der Waals surface area contributed by atoms with Crippen molar-refractivity contribution in [1.29, 1.82) is 0 Å². The number of amides is 1. The monoisotopic (exact) mass is 447 g/mol. The van der Waals surface area contributed by atoms with Gasteiger partial charge in [0.1, 0.15) is 18.2 Å². The lowest BCUT2D eigenvalue weighted by Gasteiger charge is -2.35. The maximum Gasteiger partial charge on any atom is 0.420 e. The van der Waals surface area contributed by atoms with Gasteiger partial charge < -0.3 is 14.2 Å². The van der Waals surface area contributed by atoms with Gasteiger partial charge in [-0.1, -0.05) is 12.1 Å². The number of piperazine rings is 1. The number of aryl methyl sites for hydroxylation is 3. The molecule has 1 amide bonds. The summed E-state index contributed by atoms with van der Waals surface area (Å²) in [5.41, 5.74) is 3.05. The Labute approximate surface area is 190 Å². The number of fused-ring (bicyclic) bond motifs is 1. The van der Waals surface area contributed by atoms with E-state index in [9.17, 15) is 9.59 Å². The van der Waals surface area contributed by atoms with Crippen molar-refractivity contribution in [1.82, 2.24) is 29.2 Å². The van der Waals surface area contributed by atoms with Crippen LogP contribution >= 0.6 is 0 Å². The minimum absolute atomic E-state index is 0.0372. The molecule has 0 aliphatic carbocycles. The van der Waals surface area contributed by atoms with Crippen molar-refractivity contribution in [3.8, 4) is 5.82 Å². The lowest BCUT2D eigenvalue weighted by Crippen LogP contribution is -2.50. The van der Waals surface area contributed by atoms with Crippen LogP contribution in [0.1, 0.15) is 17.2 Å². The molecule has 5 rings (SSSR count). The van der Waals surface area contributed by atoms with E-state index in [0.717, 1.165) is 23.0 Å². The molecule has 10 heteroatoms. The van der Waals surface area contributed by atoms with Crippen LogP contribution in [0.5, 0.6) is 0 Å². The molecule has 33 heavy (non-hydrogen) atoms. The largest absolute Gasteiger partial charge is 0.420 e. The average Bonchev–Trinajstić information content (AvgIpc) is 3.31. The minimum atomic E-state index is -0.517. The van der Waals surface area contributed by atoms with E-state index in [1.807, 2.05) is 43.7 Å². The highest BCUT2D eigenvalue weighted by Gasteiger charge is 2.24. The van der Waals surface area contributed by atoms with Gasteiger partial charge in [0.05, 0.1) is 11.2 Å². The van der Waals surface area contributed by atoms with Crippen LogP contribution in [0.3, 0.4) is 0 Å². The Morgan fingerprint density at radius 3 is 2.45 bits per heavy atom. The van der Waals surface area contributed by atoms with Gasteiger partial charge in [-0.15, -0.1) is 0 Å². The van der Waals surface area contributed by atoms with Crippen LogP contribution in [0.2, 0.25) is 0 Å². The van der Waals surface area contributed by atoms with Gasteiger partial charge in [0.25, 0.3) is 0 Å². The van der Waals surface area contributed by atoms with Crippen LogP contribution < -0.4 is 10.7 Å². The third kappa shape index (κ3) is 3.99. The Hall–Kier alpha value is -3.95. The van der Waals surface area contributed by atoms with Gasteiger partial charge >= 0.3 is 5.76 Å². The average molecular weight is 447 g/mol. The molecule has 4 aromatic rings. The number of benzene rings is 1. The highest BCUT2D eigenvalue weighted by atomic mass is 16.4. The first-order valence-corrected chi connectivity index (χ1v) is 10.9. The van der Waals surface area contributed by atoms with Crippen molar-refractivity contribution in [2.24, 2.45) is 0 Å². The number of aromatic nitrogens is 5. The summed E-state index contributed by atoms with van der Waals surface area (Å²) in [5.74, 6) is 1.59. The maximum absolute atomic E-state index is 12.9. The fraction of sp³-hybridized carbons (Fsp3) is 0.348. The molecule has 0 spiro atoms. The fourth-order valence-electron chi connectivity index (χ4n) is 4.25. The highest BCUT2D eigenvalue weighted by molar-refractivity contribution is 5.79. The summed E-state index contributed by atoms with van der Waals surface area (Å²) in [6.07, 6.45) is 0. The van der Waals surface area contributed by atoms with E-state index in [2.05, 4.69) is 20.0 Å². The SMILES string of the molecule is Cc1cc(C)n(-c2cc(N3CCN(C(=O)Cn4c(=O)oc5ccccc54)CC3)nc(C)n2)n1. The van der Waals surface area contributed by atoms with Gasteiger partial charge in [0.2, 0.25) is 5.91 Å². The van der Waals surface area contributed by atoms with Crippen molar-refractivity contribution >= 4 is 22.8 Å². The molecular weight excluding hydrogens is 422 g/mol. The number of rotatable bonds is 4. The number of oxazole rings is 1. The Morgan fingerprint density at radius 1 is 1.00 bits per heavy atom. The summed E-state index contributed by atoms with van der Waals surface area (Å²) in [7, 11) is 0. The summed E-state index contributed by atoms with van der Waals surface area (Å²) in [6, 6.07) is 11.1. The zero-order valence-corrected chi connectivity index (χ0v) is 18.9. The van der Waals surface area contributed by atoms with Gasteiger partial charge in [0, 0.05) is 37.9 Å². The quantitative estimate of drug-likeness (QED) is 0.470. The van der Waals surface area contributed by atoms with E-state index in [0.29, 0.717) is 43.1 Å². The molecule has 10 nitrogen and oxygen atoms in total. The third-order valence-electron chi connectivity index (χ3n) is 5.86. The molecule has 0 radical (unpaired) electrons. The molecule has 0 atom stereocenters. The van der Waals surface area contributed by atoms with Crippen molar-refractivity contribution in [3.63, 3.8) is 0 Å². The highest BCUT2D eigenvalue weighted by Crippen LogP contribution is 2.19. The summed E-state index contributed by atoms with van der Waals surface area (Å²) >= 11 is 0. The lowest BCUT2D eigenvalue weighted by molar-refractivity contribution is -0.132. The first-order chi connectivity index (χ1) is 15.9. The first-order valence-electron chi connectivity index (χ1n) is 10.9. The number of hydrogen-bond acceptors (Lipinski definition) is 7. The number of carbonyl (C=O) groups is 1. The molecule has 170 valence electrons. The third-order valence-corrected chi connectivity index (χ3v) is 5.86. The maximum atomic E-state index is 12.9. The molecule has 0 bridgehead atoms. The predicted octanol–water partition coefficient (Wildman–Crippen LogP) is 1.84. The van der Waals surface area contributed by atoms with Crippen LogP contribution in [0, 0.1) is 20.8 Å². The van der Waals surface area contributed by atoms with Gasteiger partial charge in [-0.25, -0.2) is 19.4 Å². The fourth-order valence-corrected chi connectivity index (χ4v) is 4.25. The summed E-state index contributed by atoms with van der Waals surface area (Å²) in [6.45, 7) is 8.14. The van der Waals surface area contributed by atoms with Crippen molar-refractivity contribution < 1.29 is 9.21 Å². The molecule has 1 aromatic carbocycles. The number of hydrogen-bond donors (Lipinski definition) is 0. The van der Waals surface area contributed by atoms with Crippen molar-refractivity contribution in [2.45, 2.75) is 27.3 Å². The summed E-state index contributed by atoms with van der Waals surface area (Å²) in [5, 5.41) is 4.53. The summed E-state index contributed by atoms with van der Waals surface area (Å²) < 4.78 is 8.45. The molecule has 0 saturated carbocycles. The van der Waals surface area contributed by atoms with Crippen LogP contribution in [-0.2, 0) is 11.3 Å². The Kier molecular flexibility index (Phi) is 5.20. The lowest BCUT2D eigenvalue weighted by atomic mass is 10.3. The molecular formula is C23H25N7O3. The minimum Gasteiger partial charge on any atom is -0.408 e. The predicted molar refractivity (Wildman–Crippen MR) is 123 cm³/mol. The van der Waals surface area contributed by atoms with Crippen LogP contribution in [0.15, 0.2) is 45.6 Å². The molecule has 1 aliphatic rings. The van der Waals surface area contributed by atoms with E-state index < -0.39 is 5.76 Å². The zero-order chi connectivity index (χ0) is 23.1. The van der Waals surface area contributed by atoms with Gasteiger partial charge in [0.15, 0.2) is 11.4 Å². The smallest absolute Gasteiger partial charge is 0.408 e. The van der Waals surface area contributed by atoms with Crippen LogP contribution in [-0.4, -0.2) is 61.3 Å². The van der Waals surface area contributed by atoms with Gasteiger partial charge in [-0.3, -0.25) is 9.36 Å². The Balaban J connectivity index is 1.29. The molecule has 1 saturated heterocycles.